The van der Waals surface area contributed by atoms with Gasteiger partial charge in [-0.2, -0.15) is 0 Å². The number of ether oxygens (including phenoxy) is 3. The molecule has 0 unspecified atom stereocenters. The van der Waals surface area contributed by atoms with E-state index in [1.807, 2.05) is 111 Å². The van der Waals surface area contributed by atoms with E-state index in [1.165, 1.54) is 6.92 Å². The average molecular weight is 667 g/mol. The van der Waals surface area contributed by atoms with Gasteiger partial charge in [-0.3, -0.25) is 14.5 Å². The second kappa shape index (κ2) is 16.8. The summed E-state index contributed by atoms with van der Waals surface area (Å²) in [7, 11) is 2.00. The molecular formula is C40H46N2O7. The maximum absolute atomic E-state index is 12.4. The maximum atomic E-state index is 12.4. The normalized spacial score (nSPS) is 19.5. The zero-order valence-corrected chi connectivity index (χ0v) is 28.5. The van der Waals surface area contributed by atoms with Gasteiger partial charge in [0.2, 0.25) is 0 Å². The highest BCUT2D eigenvalue weighted by Gasteiger charge is 2.34. The number of nitrogens with one attached hydrogen (secondary N) is 1. The van der Waals surface area contributed by atoms with Gasteiger partial charge in [-0.15, -0.1) is 0 Å². The number of carbonyl (C=O) groups is 2. The Morgan fingerprint density at radius 3 is 2.27 bits per heavy atom. The highest BCUT2D eigenvalue weighted by molar-refractivity contribution is 5.82. The summed E-state index contributed by atoms with van der Waals surface area (Å²) in [6, 6.07) is 33.3. The monoisotopic (exact) mass is 666 g/mol. The first kappa shape index (κ1) is 35.9. The van der Waals surface area contributed by atoms with Gasteiger partial charge in [0, 0.05) is 38.0 Å². The molecule has 4 aromatic rings. The Bertz CT molecular complexity index is 1680. The van der Waals surface area contributed by atoms with Crippen molar-refractivity contribution >= 4 is 11.9 Å². The number of likely N-dealkylation sites (N-methyl/N-ethyl adjacent to an activating group) is 1. The lowest BCUT2D eigenvalue weighted by molar-refractivity contribution is -0.253. The lowest BCUT2D eigenvalue weighted by Crippen LogP contribution is -2.43. The summed E-state index contributed by atoms with van der Waals surface area (Å²) in [5.74, 6) is -0.866. The van der Waals surface area contributed by atoms with Gasteiger partial charge in [0.15, 0.2) is 12.4 Å². The molecule has 3 N–H and O–H groups in total. The molecule has 5 rings (SSSR count). The molecule has 0 radical (unpaired) electrons. The number of aliphatic hydroxyl groups excluding tert-OH is 2. The zero-order valence-electron chi connectivity index (χ0n) is 28.5. The van der Waals surface area contributed by atoms with E-state index >= 15 is 0 Å². The van der Waals surface area contributed by atoms with E-state index in [0.29, 0.717) is 13.0 Å². The van der Waals surface area contributed by atoms with E-state index in [2.05, 4.69) is 16.3 Å². The molecule has 1 aliphatic heterocycles. The van der Waals surface area contributed by atoms with Crippen LogP contribution in [-0.2, 0) is 37.0 Å². The molecule has 49 heavy (non-hydrogen) atoms. The van der Waals surface area contributed by atoms with Gasteiger partial charge in [0.1, 0.15) is 0 Å². The van der Waals surface area contributed by atoms with Crippen molar-refractivity contribution in [3.8, 4) is 11.1 Å². The van der Waals surface area contributed by atoms with Crippen LogP contribution in [0.4, 0.5) is 0 Å². The quantitative estimate of drug-likeness (QED) is 0.149. The Morgan fingerprint density at radius 1 is 0.878 bits per heavy atom. The molecule has 4 aromatic carbocycles. The van der Waals surface area contributed by atoms with Crippen LogP contribution in [0.5, 0.6) is 0 Å². The topological polar surface area (TPSA) is 118 Å². The van der Waals surface area contributed by atoms with E-state index in [1.54, 1.807) is 6.92 Å². The minimum Gasteiger partial charge on any atom is -0.453 e. The van der Waals surface area contributed by atoms with E-state index < -0.39 is 24.5 Å². The van der Waals surface area contributed by atoms with Gasteiger partial charge < -0.3 is 29.7 Å². The standard InChI is InChI=1S/C40H46N2O7/c1-26(38(45)32-11-6-5-7-12-32)42(4)24-36-22-37(31-18-16-29(25-43)17-19-31)49-40(48-36)35-15-9-14-34(21-35)33-13-8-10-30(20-33)23-41-39(46)27(2)47-28(3)44/h5-21,26-27,36-38,40,43,45H,22-25H2,1-4H3,(H,41,46)/t26-,27-,36+,37-,38-,40-/m0/s1. The summed E-state index contributed by atoms with van der Waals surface area (Å²) < 4.78 is 18.2. The van der Waals surface area contributed by atoms with Crippen LogP contribution in [0.2, 0.25) is 0 Å². The Labute approximate surface area is 288 Å². The number of nitrogens with zero attached hydrogens (tertiary/aromatic N) is 1. The van der Waals surface area contributed by atoms with Crippen molar-refractivity contribution in [3.05, 3.63) is 131 Å². The van der Waals surface area contributed by atoms with E-state index in [-0.39, 0.29) is 37.3 Å². The summed E-state index contributed by atoms with van der Waals surface area (Å²) in [4.78, 5) is 25.7. The van der Waals surface area contributed by atoms with Crippen molar-refractivity contribution in [2.24, 2.45) is 0 Å². The van der Waals surface area contributed by atoms with Crippen molar-refractivity contribution in [1.29, 1.82) is 0 Å². The van der Waals surface area contributed by atoms with Crippen molar-refractivity contribution in [1.82, 2.24) is 10.2 Å². The molecule has 1 fully saturated rings. The van der Waals surface area contributed by atoms with Crippen LogP contribution in [-0.4, -0.2) is 58.8 Å². The zero-order chi connectivity index (χ0) is 34.9. The van der Waals surface area contributed by atoms with Crippen LogP contribution < -0.4 is 5.32 Å². The van der Waals surface area contributed by atoms with Crippen molar-refractivity contribution in [2.45, 2.75) is 77.1 Å². The van der Waals surface area contributed by atoms with E-state index in [0.717, 1.165) is 38.9 Å². The molecular weight excluding hydrogens is 620 g/mol. The highest BCUT2D eigenvalue weighted by Crippen LogP contribution is 2.39. The Morgan fingerprint density at radius 2 is 1.57 bits per heavy atom. The minimum absolute atomic E-state index is 0.0274. The number of carbonyl (C=O) groups excluding carboxylic acids is 2. The van der Waals surface area contributed by atoms with Crippen LogP contribution >= 0.6 is 0 Å². The van der Waals surface area contributed by atoms with Gasteiger partial charge in [-0.05, 0) is 66.4 Å². The van der Waals surface area contributed by atoms with Crippen molar-refractivity contribution in [2.75, 3.05) is 13.6 Å². The number of benzene rings is 4. The van der Waals surface area contributed by atoms with Gasteiger partial charge >= 0.3 is 5.97 Å². The fourth-order valence-corrected chi connectivity index (χ4v) is 6.05. The predicted octanol–water partition coefficient (Wildman–Crippen LogP) is 6.01. The molecule has 258 valence electrons. The maximum Gasteiger partial charge on any atom is 0.303 e. The van der Waals surface area contributed by atoms with Gasteiger partial charge in [0.25, 0.3) is 5.91 Å². The number of amides is 1. The molecule has 0 spiro atoms. The van der Waals surface area contributed by atoms with Crippen LogP contribution in [0.1, 0.15) is 73.5 Å². The SMILES string of the molecule is CC(=O)O[C@@H](C)C(=O)NCc1cccc(-c2cccc([C@H]3O[C@@H](CN(C)[C@@H](C)[C@H](O)c4ccccc4)C[C@@H](c4ccc(CO)cc4)O3)c2)c1. The smallest absolute Gasteiger partial charge is 0.303 e. The fraction of sp³-hybridized carbons (Fsp3) is 0.350. The lowest BCUT2D eigenvalue weighted by Gasteiger charge is -2.39. The molecule has 0 aliphatic carbocycles. The molecule has 6 atom stereocenters. The number of rotatable bonds is 13. The summed E-state index contributed by atoms with van der Waals surface area (Å²) >= 11 is 0. The molecule has 0 bridgehead atoms. The minimum atomic E-state index is -0.870. The first-order chi connectivity index (χ1) is 23.6. The molecule has 0 saturated carbocycles. The van der Waals surface area contributed by atoms with E-state index in [9.17, 15) is 19.8 Å². The molecule has 1 heterocycles. The Hall–Kier alpha value is -4.38. The van der Waals surface area contributed by atoms with Gasteiger partial charge in [-0.25, -0.2) is 0 Å². The number of aliphatic hydroxyl groups is 2. The number of hydrogen-bond acceptors (Lipinski definition) is 8. The lowest BCUT2D eigenvalue weighted by atomic mass is 9.97. The predicted molar refractivity (Wildman–Crippen MR) is 187 cm³/mol. The Kier molecular flexibility index (Phi) is 12.3. The van der Waals surface area contributed by atoms with Crippen LogP contribution in [0.15, 0.2) is 103 Å². The number of esters is 1. The van der Waals surface area contributed by atoms with Crippen molar-refractivity contribution < 1.29 is 34.0 Å². The van der Waals surface area contributed by atoms with Crippen molar-refractivity contribution in [3.63, 3.8) is 0 Å². The van der Waals surface area contributed by atoms with Crippen LogP contribution in [0.25, 0.3) is 11.1 Å². The summed E-state index contributed by atoms with van der Waals surface area (Å²) in [6.45, 7) is 5.68. The largest absolute Gasteiger partial charge is 0.453 e. The highest BCUT2D eigenvalue weighted by atomic mass is 16.7. The first-order valence-corrected chi connectivity index (χ1v) is 16.7. The second-order valence-electron chi connectivity index (χ2n) is 12.7. The fourth-order valence-electron chi connectivity index (χ4n) is 6.05. The Balaban J connectivity index is 1.34. The van der Waals surface area contributed by atoms with Crippen LogP contribution in [0, 0.1) is 0 Å². The summed E-state index contributed by atoms with van der Waals surface area (Å²) in [6.07, 6.45) is -1.98. The summed E-state index contributed by atoms with van der Waals surface area (Å²) in [5, 5.41) is 23.5. The summed E-state index contributed by atoms with van der Waals surface area (Å²) in [5.41, 5.74) is 6.41. The average Bonchev–Trinajstić information content (AvgIpc) is 3.13. The third-order valence-corrected chi connectivity index (χ3v) is 9.00. The third-order valence-electron chi connectivity index (χ3n) is 9.00. The molecule has 1 aliphatic rings. The third kappa shape index (κ3) is 9.62. The molecule has 1 saturated heterocycles. The second-order valence-corrected chi connectivity index (χ2v) is 12.7. The van der Waals surface area contributed by atoms with Gasteiger partial charge in [0.05, 0.1) is 24.9 Å². The molecule has 9 heteroatoms. The molecule has 0 aromatic heterocycles. The van der Waals surface area contributed by atoms with Gasteiger partial charge in [-0.1, -0.05) is 91.0 Å². The van der Waals surface area contributed by atoms with E-state index in [4.69, 9.17) is 14.2 Å². The number of hydrogen-bond donors (Lipinski definition) is 3. The van der Waals surface area contributed by atoms with Crippen LogP contribution in [0.3, 0.4) is 0 Å². The molecule has 1 amide bonds. The first-order valence-electron chi connectivity index (χ1n) is 16.7. The molecule has 9 nitrogen and oxygen atoms in total.